The molecule has 0 heterocycles. The largest absolute Gasteiger partial charge is 0.321 e. The second-order valence-corrected chi connectivity index (χ2v) is 6.02. The summed E-state index contributed by atoms with van der Waals surface area (Å²) in [6.45, 7) is 0. The van der Waals surface area contributed by atoms with Crippen LogP contribution in [0.4, 0.5) is 15.8 Å². The lowest BCUT2D eigenvalue weighted by atomic mass is 10.2. The number of non-ortho nitro benzene ring substituents is 1. The van der Waals surface area contributed by atoms with Crippen molar-refractivity contribution in [2.45, 2.75) is 0 Å². The van der Waals surface area contributed by atoms with Crippen molar-refractivity contribution >= 4 is 55.8 Å². The van der Waals surface area contributed by atoms with Crippen LogP contribution in [0.25, 0.3) is 0 Å². The van der Waals surface area contributed by atoms with Crippen LogP contribution in [0.5, 0.6) is 0 Å². The Hall–Kier alpha value is -1.55. The van der Waals surface area contributed by atoms with Gasteiger partial charge in [-0.25, -0.2) is 4.39 Å². The molecule has 0 aliphatic carbocycles. The van der Waals surface area contributed by atoms with E-state index in [9.17, 15) is 19.3 Å². The molecule has 108 valence electrons. The number of nitrogens with zero attached hydrogens (tertiary/aromatic N) is 1. The molecule has 0 fully saturated rings. The van der Waals surface area contributed by atoms with Crippen molar-refractivity contribution in [1.29, 1.82) is 0 Å². The number of nitrogens with one attached hydrogen (secondary N) is 1. The maximum atomic E-state index is 13.0. The van der Waals surface area contributed by atoms with Crippen molar-refractivity contribution in [2.75, 3.05) is 5.32 Å². The van der Waals surface area contributed by atoms with Gasteiger partial charge in [0.1, 0.15) is 5.82 Å². The topological polar surface area (TPSA) is 72.2 Å². The highest BCUT2D eigenvalue weighted by atomic mass is 127. The number of amides is 1. The van der Waals surface area contributed by atoms with Crippen LogP contribution in [-0.4, -0.2) is 10.8 Å². The van der Waals surface area contributed by atoms with Gasteiger partial charge >= 0.3 is 0 Å². The molecule has 0 aliphatic heterocycles. The van der Waals surface area contributed by atoms with Gasteiger partial charge in [0.2, 0.25) is 0 Å². The number of rotatable bonds is 3. The van der Waals surface area contributed by atoms with Crippen molar-refractivity contribution in [2.24, 2.45) is 0 Å². The highest BCUT2D eigenvalue weighted by Crippen LogP contribution is 2.25. The van der Waals surface area contributed by atoms with Crippen molar-refractivity contribution < 1.29 is 14.1 Å². The van der Waals surface area contributed by atoms with E-state index in [1.54, 1.807) is 0 Å². The molecule has 2 rings (SSSR count). The summed E-state index contributed by atoms with van der Waals surface area (Å²) in [7, 11) is 0. The molecule has 21 heavy (non-hydrogen) atoms. The number of carbonyl (C=O) groups is 1. The summed E-state index contributed by atoms with van der Waals surface area (Å²) in [5.74, 6) is -0.927. The highest BCUT2D eigenvalue weighted by molar-refractivity contribution is 14.1. The average molecular weight is 465 g/mol. The monoisotopic (exact) mass is 464 g/mol. The van der Waals surface area contributed by atoms with E-state index in [4.69, 9.17) is 0 Å². The number of nitro benzene ring substituents is 1. The molecule has 8 heteroatoms. The van der Waals surface area contributed by atoms with Gasteiger partial charge in [-0.3, -0.25) is 14.9 Å². The van der Waals surface area contributed by atoms with E-state index in [0.717, 1.165) is 0 Å². The van der Waals surface area contributed by atoms with Gasteiger partial charge < -0.3 is 5.32 Å². The molecule has 0 saturated carbocycles. The van der Waals surface area contributed by atoms with E-state index >= 15 is 0 Å². The van der Waals surface area contributed by atoms with E-state index < -0.39 is 16.6 Å². The Labute approximate surface area is 141 Å². The van der Waals surface area contributed by atoms with Gasteiger partial charge in [-0.1, -0.05) is 0 Å². The second kappa shape index (κ2) is 6.48. The Kier molecular flexibility index (Phi) is 4.88. The number of anilines is 1. The van der Waals surface area contributed by atoms with Crippen LogP contribution in [0.15, 0.2) is 40.9 Å². The van der Waals surface area contributed by atoms with Crippen LogP contribution in [0, 0.1) is 19.5 Å². The summed E-state index contributed by atoms with van der Waals surface area (Å²) < 4.78 is 14.0. The van der Waals surface area contributed by atoms with Crippen LogP contribution in [-0.2, 0) is 0 Å². The molecule has 0 radical (unpaired) electrons. The number of carbonyl (C=O) groups excluding carboxylic acids is 1. The van der Waals surface area contributed by atoms with Crippen molar-refractivity contribution in [1.82, 2.24) is 0 Å². The van der Waals surface area contributed by atoms with Gasteiger partial charge in [-0.05, 0) is 62.8 Å². The zero-order valence-corrected chi connectivity index (χ0v) is 14.0. The normalized spacial score (nSPS) is 10.2. The molecule has 0 aromatic heterocycles. The highest BCUT2D eigenvalue weighted by Gasteiger charge is 2.16. The van der Waals surface area contributed by atoms with Gasteiger partial charge in [0.15, 0.2) is 0 Å². The molecule has 0 unspecified atom stereocenters. The molecular formula is C13H7BrFIN2O3. The molecule has 2 aromatic carbocycles. The fourth-order valence-corrected chi connectivity index (χ4v) is 2.62. The van der Waals surface area contributed by atoms with Crippen LogP contribution in [0.1, 0.15) is 10.4 Å². The minimum atomic E-state index is -0.579. The number of halogens is 3. The third-order valence-electron chi connectivity index (χ3n) is 2.58. The molecule has 1 N–H and O–H groups in total. The molecule has 5 nitrogen and oxygen atoms in total. The first-order valence-corrected chi connectivity index (χ1v) is 7.46. The van der Waals surface area contributed by atoms with E-state index in [1.807, 2.05) is 22.6 Å². The molecule has 2 aromatic rings. The van der Waals surface area contributed by atoms with Gasteiger partial charge in [-0.15, -0.1) is 0 Å². The summed E-state index contributed by atoms with van der Waals surface area (Å²) in [6, 6.07) is 7.83. The average Bonchev–Trinajstić information content (AvgIpc) is 2.42. The van der Waals surface area contributed by atoms with E-state index in [-0.39, 0.29) is 11.3 Å². The first-order chi connectivity index (χ1) is 9.88. The second-order valence-electron chi connectivity index (χ2n) is 4.00. The first kappa shape index (κ1) is 15.8. The van der Waals surface area contributed by atoms with Crippen LogP contribution < -0.4 is 5.32 Å². The Morgan fingerprint density at radius 1 is 1.29 bits per heavy atom. The number of hydrogen-bond acceptors (Lipinski definition) is 3. The first-order valence-electron chi connectivity index (χ1n) is 5.59. The lowest BCUT2D eigenvalue weighted by molar-refractivity contribution is -0.384. The van der Waals surface area contributed by atoms with Gasteiger partial charge in [0, 0.05) is 20.2 Å². The zero-order chi connectivity index (χ0) is 15.6. The third kappa shape index (κ3) is 3.76. The maximum absolute atomic E-state index is 13.0. The molecular weight excluding hydrogens is 458 g/mol. The molecule has 0 bridgehead atoms. The van der Waals surface area contributed by atoms with Crippen LogP contribution in [0.2, 0.25) is 0 Å². The third-order valence-corrected chi connectivity index (χ3v) is 4.17. The standard InChI is InChI=1S/C13H7BrFIN2O3/c14-10-3-2-8(18(20)21)6-9(10)13(19)17-12-4-1-7(15)5-11(12)16/h1-6H,(H,17,19). The number of nitro groups is 1. The number of hydrogen-bond donors (Lipinski definition) is 1. The summed E-state index contributed by atoms with van der Waals surface area (Å²) in [5, 5.41) is 13.3. The summed E-state index contributed by atoms with van der Waals surface area (Å²) in [5.41, 5.74) is 0.377. The van der Waals surface area contributed by atoms with Gasteiger partial charge in [0.05, 0.1) is 16.2 Å². The smallest absolute Gasteiger partial charge is 0.270 e. The molecule has 1 amide bonds. The van der Waals surface area contributed by atoms with Crippen molar-refractivity contribution in [3.05, 3.63) is 65.9 Å². The zero-order valence-electron chi connectivity index (χ0n) is 10.3. The Bertz CT molecular complexity index is 739. The summed E-state index contributed by atoms with van der Waals surface area (Å²) in [4.78, 5) is 22.4. The lowest BCUT2D eigenvalue weighted by Crippen LogP contribution is -2.14. The molecule has 0 aliphatic rings. The number of benzene rings is 2. The predicted octanol–water partition coefficient (Wildman–Crippen LogP) is 4.35. The van der Waals surface area contributed by atoms with E-state index in [2.05, 4.69) is 21.2 Å². The maximum Gasteiger partial charge on any atom is 0.270 e. The van der Waals surface area contributed by atoms with E-state index in [1.165, 1.54) is 36.4 Å². The predicted molar refractivity (Wildman–Crippen MR) is 87.9 cm³/mol. The molecule has 0 atom stereocenters. The Morgan fingerprint density at radius 2 is 2.00 bits per heavy atom. The van der Waals surface area contributed by atoms with Crippen LogP contribution in [0.3, 0.4) is 0 Å². The summed E-state index contributed by atoms with van der Waals surface area (Å²) >= 11 is 5.07. The quantitative estimate of drug-likeness (QED) is 0.417. The van der Waals surface area contributed by atoms with Crippen molar-refractivity contribution in [3.8, 4) is 0 Å². The molecule has 0 spiro atoms. The van der Waals surface area contributed by atoms with Crippen molar-refractivity contribution in [3.63, 3.8) is 0 Å². The molecule has 0 saturated heterocycles. The fourth-order valence-electron chi connectivity index (χ4n) is 1.58. The Morgan fingerprint density at radius 3 is 2.62 bits per heavy atom. The lowest BCUT2D eigenvalue weighted by Gasteiger charge is -2.08. The fraction of sp³-hybridized carbons (Fsp3) is 0. The van der Waals surface area contributed by atoms with E-state index in [0.29, 0.717) is 13.7 Å². The summed E-state index contributed by atoms with van der Waals surface area (Å²) in [6.07, 6.45) is 0. The van der Waals surface area contributed by atoms with Crippen LogP contribution >= 0.6 is 38.5 Å². The Balaban J connectivity index is 2.32. The minimum absolute atomic E-state index is 0.129. The minimum Gasteiger partial charge on any atom is -0.321 e. The van der Waals surface area contributed by atoms with Gasteiger partial charge in [0.25, 0.3) is 11.6 Å². The van der Waals surface area contributed by atoms with Gasteiger partial charge in [-0.2, -0.15) is 0 Å². The SMILES string of the molecule is O=C(Nc1ccc(F)cc1I)c1cc([N+](=O)[O-])ccc1Br.